The molecule has 19 heavy (non-hydrogen) atoms. The normalized spacial score (nSPS) is 17.7. The van der Waals surface area contributed by atoms with Gasteiger partial charge in [-0.2, -0.15) is 17.0 Å². The first-order valence-electron chi connectivity index (χ1n) is 6.68. The fourth-order valence-corrected chi connectivity index (χ4v) is 3.75. The van der Waals surface area contributed by atoms with Crippen LogP contribution in [-0.2, 0) is 0 Å². The van der Waals surface area contributed by atoms with E-state index in [1.54, 1.807) is 6.07 Å². The van der Waals surface area contributed by atoms with E-state index in [1.807, 2.05) is 23.9 Å². The third kappa shape index (κ3) is 3.58. The number of nitrogens with one attached hydrogen (secondary N) is 1. The summed E-state index contributed by atoms with van der Waals surface area (Å²) < 4.78 is 0.324. The summed E-state index contributed by atoms with van der Waals surface area (Å²) in [5.41, 5.74) is 1.52. The zero-order valence-electron chi connectivity index (χ0n) is 11.2. The molecule has 2 rings (SSSR count). The second-order valence-corrected chi connectivity index (χ2v) is 6.81. The lowest BCUT2D eigenvalue weighted by Crippen LogP contribution is -2.35. The zero-order chi connectivity index (χ0) is 13.7. The molecule has 2 nitrogen and oxygen atoms in total. The summed E-state index contributed by atoms with van der Waals surface area (Å²) in [5, 5.41) is 13.2. The average Bonchev–Trinajstić information content (AvgIpc) is 2.47. The van der Waals surface area contributed by atoms with E-state index >= 15 is 0 Å². The molecular formula is C15H19ClN2S. The van der Waals surface area contributed by atoms with E-state index in [-0.39, 0.29) is 0 Å². The minimum Gasteiger partial charge on any atom is -0.383 e. The first-order valence-corrected chi connectivity index (χ1v) is 8.28. The molecule has 1 aliphatic carbocycles. The van der Waals surface area contributed by atoms with Gasteiger partial charge in [0.1, 0.15) is 6.07 Å². The van der Waals surface area contributed by atoms with Gasteiger partial charge in [-0.05, 0) is 37.3 Å². The van der Waals surface area contributed by atoms with Crippen molar-refractivity contribution in [3.8, 4) is 6.07 Å². The molecule has 1 aromatic rings. The number of thioether (sulfide) groups is 1. The maximum absolute atomic E-state index is 9.15. The van der Waals surface area contributed by atoms with Gasteiger partial charge in [0.25, 0.3) is 0 Å². The second-order valence-electron chi connectivity index (χ2n) is 5.10. The Morgan fingerprint density at radius 1 is 1.37 bits per heavy atom. The second kappa shape index (κ2) is 6.54. The van der Waals surface area contributed by atoms with E-state index in [0.29, 0.717) is 15.3 Å². The maximum atomic E-state index is 9.15. The molecule has 1 aliphatic rings. The highest BCUT2D eigenvalue weighted by Crippen LogP contribution is 2.38. The predicted octanol–water partition coefficient (Wildman–Crippen LogP) is 4.69. The first-order chi connectivity index (χ1) is 9.19. The molecule has 0 aromatic heterocycles. The van der Waals surface area contributed by atoms with E-state index < -0.39 is 0 Å². The number of benzene rings is 1. The van der Waals surface area contributed by atoms with Crippen LogP contribution in [0.4, 0.5) is 5.69 Å². The van der Waals surface area contributed by atoms with Crippen LogP contribution in [0, 0.1) is 11.3 Å². The zero-order valence-corrected chi connectivity index (χ0v) is 12.8. The lowest BCUT2D eigenvalue weighted by Gasteiger charge is -2.36. The molecule has 102 valence electrons. The van der Waals surface area contributed by atoms with Crippen molar-refractivity contribution in [1.29, 1.82) is 5.26 Å². The highest BCUT2D eigenvalue weighted by Gasteiger charge is 2.30. The van der Waals surface area contributed by atoms with E-state index in [1.165, 1.54) is 32.1 Å². The average molecular weight is 295 g/mol. The van der Waals surface area contributed by atoms with Crippen molar-refractivity contribution in [3.05, 3.63) is 28.8 Å². The minimum atomic E-state index is 0.324. The molecule has 1 aromatic carbocycles. The van der Waals surface area contributed by atoms with Crippen LogP contribution < -0.4 is 5.32 Å². The first kappa shape index (κ1) is 14.6. The molecule has 0 atom stereocenters. The summed E-state index contributed by atoms with van der Waals surface area (Å²) in [7, 11) is 0. The van der Waals surface area contributed by atoms with Crippen molar-refractivity contribution in [2.45, 2.75) is 36.9 Å². The number of hydrogen-bond acceptors (Lipinski definition) is 3. The molecule has 1 saturated carbocycles. The molecule has 0 radical (unpaired) electrons. The number of anilines is 1. The Morgan fingerprint density at radius 3 is 2.74 bits per heavy atom. The van der Waals surface area contributed by atoms with E-state index in [4.69, 9.17) is 16.9 Å². The van der Waals surface area contributed by atoms with E-state index in [9.17, 15) is 0 Å². The standard InChI is InChI=1S/C15H19ClN2S/c1-19-15(7-3-2-4-8-15)11-18-14-6-5-13(16)9-12(14)10-17/h5-6,9,18H,2-4,7-8,11H2,1H3. The summed E-state index contributed by atoms with van der Waals surface area (Å²) in [5.74, 6) is 0. The van der Waals surface area contributed by atoms with Crippen molar-refractivity contribution in [2.75, 3.05) is 18.1 Å². The fraction of sp³-hybridized carbons (Fsp3) is 0.533. The number of rotatable bonds is 4. The van der Waals surface area contributed by atoms with Crippen molar-refractivity contribution < 1.29 is 0 Å². The van der Waals surface area contributed by atoms with Crippen molar-refractivity contribution in [1.82, 2.24) is 0 Å². The molecular weight excluding hydrogens is 276 g/mol. The molecule has 0 saturated heterocycles. The quantitative estimate of drug-likeness (QED) is 0.875. The molecule has 0 aliphatic heterocycles. The van der Waals surface area contributed by atoms with Gasteiger partial charge in [-0.15, -0.1) is 0 Å². The van der Waals surface area contributed by atoms with Gasteiger partial charge in [-0.25, -0.2) is 0 Å². The molecule has 0 spiro atoms. The Labute approximate surface area is 124 Å². The maximum Gasteiger partial charge on any atom is 0.101 e. The van der Waals surface area contributed by atoms with Gasteiger partial charge in [0.05, 0.1) is 11.3 Å². The highest BCUT2D eigenvalue weighted by molar-refractivity contribution is 8.00. The number of nitriles is 1. The summed E-state index contributed by atoms with van der Waals surface area (Å²) >= 11 is 7.87. The van der Waals surface area contributed by atoms with Gasteiger partial charge in [0, 0.05) is 16.3 Å². The van der Waals surface area contributed by atoms with Crippen LogP contribution in [0.15, 0.2) is 18.2 Å². The Hall–Kier alpha value is -0.850. The van der Waals surface area contributed by atoms with Crippen LogP contribution in [-0.4, -0.2) is 17.5 Å². The third-order valence-electron chi connectivity index (χ3n) is 3.90. The number of hydrogen-bond donors (Lipinski definition) is 1. The Bertz CT molecular complexity index is 476. The largest absolute Gasteiger partial charge is 0.383 e. The number of nitrogens with zero attached hydrogens (tertiary/aromatic N) is 1. The molecule has 0 bridgehead atoms. The molecule has 0 amide bonds. The van der Waals surface area contributed by atoms with Crippen LogP contribution in [0.25, 0.3) is 0 Å². The van der Waals surface area contributed by atoms with Gasteiger partial charge in [-0.3, -0.25) is 0 Å². The highest BCUT2D eigenvalue weighted by atomic mass is 35.5. The van der Waals surface area contributed by atoms with Crippen molar-refractivity contribution in [3.63, 3.8) is 0 Å². The monoisotopic (exact) mass is 294 g/mol. The van der Waals surface area contributed by atoms with Gasteiger partial charge in [0.2, 0.25) is 0 Å². The van der Waals surface area contributed by atoms with Gasteiger partial charge in [0.15, 0.2) is 0 Å². The fourth-order valence-electron chi connectivity index (χ4n) is 2.67. The minimum absolute atomic E-state index is 0.324. The lowest BCUT2D eigenvalue weighted by atomic mass is 9.88. The Balaban J connectivity index is 2.07. The molecule has 0 heterocycles. The van der Waals surface area contributed by atoms with E-state index in [2.05, 4.69) is 17.6 Å². The molecule has 1 fully saturated rings. The van der Waals surface area contributed by atoms with Crippen LogP contribution in [0.3, 0.4) is 0 Å². The summed E-state index contributed by atoms with van der Waals surface area (Å²) in [6.07, 6.45) is 8.70. The summed E-state index contributed by atoms with van der Waals surface area (Å²) in [6, 6.07) is 7.65. The van der Waals surface area contributed by atoms with Crippen molar-refractivity contribution >= 4 is 29.1 Å². The van der Waals surface area contributed by atoms with Gasteiger partial charge >= 0.3 is 0 Å². The van der Waals surface area contributed by atoms with Crippen LogP contribution in [0.1, 0.15) is 37.7 Å². The van der Waals surface area contributed by atoms with Crippen LogP contribution in [0.2, 0.25) is 5.02 Å². The summed E-state index contributed by atoms with van der Waals surface area (Å²) in [4.78, 5) is 0. The predicted molar refractivity (Wildman–Crippen MR) is 84.0 cm³/mol. The van der Waals surface area contributed by atoms with Gasteiger partial charge in [-0.1, -0.05) is 30.9 Å². The van der Waals surface area contributed by atoms with Gasteiger partial charge < -0.3 is 5.32 Å². The third-order valence-corrected chi connectivity index (χ3v) is 5.55. The lowest BCUT2D eigenvalue weighted by molar-refractivity contribution is 0.411. The molecule has 4 heteroatoms. The molecule has 1 N–H and O–H groups in total. The smallest absolute Gasteiger partial charge is 0.101 e. The van der Waals surface area contributed by atoms with Crippen LogP contribution in [0.5, 0.6) is 0 Å². The topological polar surface area (TPSA) is 35.8 Å². The Morgan fingerprint density at radius 2 is 2.11 bits per heavy atom. The summed E-state index contributed by atoms with van der Waals surface area (Å²) in [6.45, 7) is 0.921. The van der Waals surface area contributed by atoms with Crippen LogP contribution >= 0.6 is 23.4 Å². The van der Waals surface area contributed by atoms with Crippen molar-refractivity contribution in [2.24, 2.45) is 0 Å². The van der Waals surface area contributed by atoms with E-state index in [0.717, 1.165) is 12.2 Å². The SMILES string of the molecule is CSC1(CNc2ccc(Cl)cc2C#N)CCCCC1. The molecule has 0 unspecified atom stereocenters. The Kier molecular flexibility index (Phi) is 5.01. The number of halogens is 1.